The third-order valence-corrected chi connectivity index (χ3v) is 9.28. The summed E-state index contributed by atoms with van der Waals surface area (Å²) in [5, 5.41) is 3.05. The van der Waals surface area contributed by atoms with Gasteiger partial charge < -0.3 is 9.74 Å². The molecule has 0 fully saturated rings. The molecule has 0 saturated carbocycles. The van der Waals surface area contributed by atoms with Gasteiger partial charge in [0.25, 0.3) is 5.91 Å². The van der Waals surface area contributed by atoms with E-state index in [2.05, 4.69) is 55.1 Å². The molecule has 24 heavy (non-hydrogen) atoms. The summed E-state index contributed by atoms with van der Waals surface area (Å²) >= 11 is 3.36. The summed E-state index contributed by atoms with van der Waals surface area (Å²) in [5.74, 6) is 0.726. The molecule has 0 spiro atoms. The molecule has 128 valence electrons. The van der Waals surface area contributed by atoms with Gasteiger partial charge in [0.1, 0.15) is 5.75 Å². The molecule has 0 bridgehead atoms. The van der Waals surface area contributed by atoms with E-state index in [9.17, 15) is 4.79 Å². The summed E-state index contributed by atoms with van der Waals surface area (Å²) in [7, 11) is -1.84. The minimum absolute atomic E-state index is 0.124. The van der Waals surface area contributed by atoms with Crippen molar-refractivity contribution in [3.63, 3.8) is 0 Å². The van der Waals surface area contributed by atoms with Crippen molar-refractivity contribution in [2.75, 3.05) is 5.32 Å². The van der Waals surface area contributed by atoms with Gasteiger partial charge in [0.15, 0.2) is 0 Å². The maximum atomic E-state index is 12.2. The normalized spacial score (nSPS) is 11.9. The van der Waals surface area contributed by atoms with E-state index in [-0.39, 0.29) is 10.9 Å². The molecule has 1 N–H and O–H groups in total. The number of nitrogens with one attached hydrogen (secondary N) is 1. The fourth-order valence-electron chi connectivity index (χ4n) is 1.86. The number of amides is 1. The first-order valence-corrected chi connectivity index (χ1v) is 11.6. The van der Waals surface area contributed by atoms with Crippen molar-refractivity contribution < 1.29 is 9.22 Å². The molecule has 0 atom stereocenters. The van der Waals surface area contributed by atoms with Gasteiger partial charge in [-0.05, 0) is 66.7 Å². The summed E-state index contributed by atoms with van der Waals surface area (Å²) in [6, 6.07) is 14.9. The van der Waals surface area contributed by atoms with Gasteiger partial charge in [-0.3, -0.25) is 4.79 Å². The minimum Gasteiger partial charge on any atom is -0.544 e. The molecule has 0 unspecified atom stereocenters. The lowest BCUT2D eigenvalue weighted by Gasteiger charge is -2.36. The monoisotopic (exact) mass is 405 g/mol. The van der Waals surface area contributed by atoms with E-state index in [1.54, 1.807) is 12.1 Å². The number of rotatable bonds is 4. The van der Waals surface area contributed by atoms with E-state index in [0.717, 1.165) is 15.9 Å². The van der Waals surface area contributed by atoms with Crippen LogP contribution in [0.2, 0.25) is 18.1 Å². The lowest BCUT2D eigenvalue weighted by molar-refractivity contribution is 0.102. The third-order valence-electron chi connectivity index (χ3n) is 4.40. The number of benzene rings is 2. The van der Waals surface area contributed by atoms with Crippen LogP contribution in [0.4, 0.5) is 5.69 Å². The van der Waals surface area contributed by atoms with Gasteiger partial charge >= 0.3 is 0 Å². The highest BCUT2D eigenvalue weighted by Gasteiger charge is 2.38. The lowest BCUT2D eigenvalue weighted by atomic mass is 10.2. The number of anilines is 1. The Morgan fingerprint density at radius 2 is 1.54 bits per heavy atom. The molecule has 0 aromatic heterocycles. The lowest BCUT2D eigenvalue weighted by Crippen LogP contribution is -2.43. The van der Waals surface area contributed by atoms with Crippen LogP contribution in [-0.4, -0.2) is 14.2 Å². The van der Waals surface area contributed by atoms with Crippen molar-refractivity contribution in [1.82, 2.24) is 0 Å². The number of halogens is 1. The molecule has 0 aliphatic carbocycles. The van der Waals surface area contributed by atoms with Gasteiger partial charge in [0.05, 0.1) is 0 Å². The van der Waals surface area contributed by atoms with Crippen LogP contribution in [0, 0.1) is 0 Å². The van der Waals surface area contributed by atoms with Crippen molar-refractivity contribution in [2.45, 2.75) is 38.9 Å². The average Bonchev–Trinajstić information content (AvgIpc) is 2.48. The zero-order valence-electron chi connectivity index (χ0n) is 14.8. The Kier molecular flexibility index (Phi) is 5.55. The highest BCUT2D eigenvalue weighted by molar-refractivity contribution is 9.10. The second-order valence-corrected chi connectivity index (χ2v) is 13.0. The summed E-state index contributed by atoms with van der Waals surface area (Å²) < 4.78 is 7.20. The number of hydrogen-bond acceptors (Lipinski definition) is 2. The molecule has 2 aromatic carbocycles. The van der Waals surface area contributed by atoms with Crippen molar-refractivity contribution in [2.24, 2.45) is 0 Å². The third kappa shape index (κ3) is 4.71. The van der Waals surface area contributed by atoms with E-state index in [4.69, 9.17) is 4.43 Å². The standard InChI is InChI=1S/C19H24BrNO2Si/c1-19(2,3)24(4,5)23-17-12-10-16(11-13-17)21-18(22)14-6-8-15(20)9-7-14/h6-13H,1-5H3,(H,21,22). The van der Waals surface area contributed by atoms with Crippen molar-refractivity contribution in [3.8, 4) is 5.75 Å². The molecule has 2 aromatic rings. The Hall–Kier alpha value is -1.59. The molecule has 5 heteroatoms. The van der Waals surface area contributed by atoms with Gasteiger partial charge in [-0.15, -0.1) is 0 Å². The maximum absolute atomic E-state index is 12.2. The molecule has 0 aliphatic rings. The van der Waals surface area contributed by atoms with E-state index >= 15 is 0 Å². The first kappa shape index (κ1) is 18.7. The topological polar surface area (TPSA) is 38.3 Å². The summed E-state index contributed by atoms with van der Waals surface area (Å²) in [6.45, 7) is 11.1. The van der Waals surface area contributed by atoms with Crippen LogP contribution < -0.4 is 9.74 Å². The van der Waals surface area contributed by atoms with E-state index < -0.39 is 8.32 Å². The van der Waals surface area contributed by atoms with Gasteiger partial charge in [-0.25, -0.2) is 0 Å². The van der Waals surface area contributed by atoms with E-state index in [0.29, 0.717) is 5.56 Å². The Morgan fingerprint density at radius 3 is 2.04 bits per heavy atom. The minimum atomic E-state index is -1.84. The molecule has 0 radical (unpaired) electrons. The van der Waals surface area contributed by atoms with E-state index in [1.165, 1.54) is 0 Å². The highest BCUT2D eigenvalue weighted by Crippen LogP contribution is 2.37. The van der Waals surface area contributed by atoms with Gasteiger partial charge in [-0.2, -0.15) is 0 Å². The molecular weight excluding hydrogens is 382 g/mol. The smallest absolute Gasteiger partial charge is 0.255 e. The second kappa shape index (κ2) is 7.11. The molecule has 0 saturated heterocycles. The molecule has 2 rings (SSSR count). The zero-order valence-corrected chi connectivity index (χ0v) is 17.4. The number of hydrogen-bond donors (Lipinski definition) is 1. The maximum Gasteiger partial charge on any atom is 0.255 e. The van der Waals surface area contributed by atoms with Crippen molar-refractivity contribution in [3.05, 3.63) is 58.6 Å². The molecular formula is C19H24BrNO2Si. The van der Waals surface area contributed by atoms with Crippen LogP contribution in [0.5, 0.6) is 5.75 Å². The van der Waals surface area contributed by atoms with Gasteiger partial charge in [0, 0.05) is 15.7 Å². The van der Waals surface area contributed by atoms with Crippen LogP contribution in [0.1, 0.15) is 31.1 Å². The zero-order chi connectivity index (χ0) is 18.0. The summed E-state index contributed by atoms with van der Waals surface area (Å²) in [5.41, 5.74) is 1.38. The van der Waals surface area contributed by atoms with Crippen LogP contribution in [0.15, 0.2) is 53.0 Å². The largest absolute Gasteiger partial charge is 0.544 e. The molecule has 0 aliphatic heterocycles. The average molecular weight is 406 g/mol. The number of carbonyl (C=O) groups excluding carboxylic acids is 1. The first-order chi connectivity index (χ1) is 11.1. The first-order valence-electron chi connectivity index (χ1n) is 7.94. The number of carbonyl (C=O) groups is 1. The fraction of sp³-hybridized carbons (Fsp3) is 0.316. The van der Waals surface area contributed by atoms with Crippen LogP contribution in [-0.2, 0) is 0 Å². The van der Waals surface area contributed by atoms with Crippen LogP contribution in [0.3, 0.4) is 0 Å². The second-order valence-electron chi connectivity index (χ2n) is 7.35. The fourth-order valence-corrected chi connectivity index (χ4v) is 3.15. The Balaban J connectivity index is 2.04. The summed E-state index contributed by atoms with van der Waals surface area (Å²) in [4.78, 5) is 12.2. The predicted molar refractivity (Wildman–Crippen MR) is 106 cm³/mol. The van der Waals surface area contributed by atoms with Crippen molar-refractivity contribution >= 4 is 35.8 Å². The van der Waals surface area contributed by atoms with Crippen LogP contribution >= 0.6 is 15.9 Å². The Bertz CT molecular complexity index is 704. The quantitative estimate of drug-likeness (QED) is 0.625. The highest BCUT2D eigenvalue weighted by atomic mass is 79.9. The van der Waals surface area contributed by atoms with E-state index in [1.807, 2.05) is 36.4 Å². The molecule has 3 nitrogen and oxygen atoms in total. The van der Waals surface area contributed by atoms with Crippen LogP contribution in [0.25, 0.3) is 0 Å². The summed E-state index contributed by atoms with van der Waals surface area (Å²) in [6.07, 6.45) is 0. The SMILES string of the molecule is CC(C)(C)[Si](C)(C)Oc1ccc(NC(=O)c2ccc(Br)cc2)cc1. The predicted octanol–water partition coefficient (Wildman–Crippen LogP) is 6.09. The van der Waals surface area contributed by atoms with Gasteiger partial charge in [0.2, 0.25) is 8.32 Å². The Morgan fingerprint density at radius 1 is 1.00 bits per heavy atom. The van der Waals surface area contributed by atoms with Crippen molar-refractivity contribution in [1.29, 1.82) is 0 Å². The van der Waals surface area contributed by atoms with Gasteiger partial charge in [-0.1, -0.05) is 36.7 Å². The molecule has 1 amide bonds. The molecule has 0 heterocycles. The Labute approximate surface area is 153 Å².